The standard InChI is InChI=1S/C11H18BNO8/c14-9(15)3-6(11(18)19)5-13-8-2-1-7(4-10(16)17)21-12(8)20/h6-8,13,20H,1-5H2,(H,14,15)(H,16,17)(H,18,19). The van der Waals surface area contributed by atoms with Crippen LogP contribution in [-0.2, 0) is 19.0 Å². The Morgan fingerprint density at radius 1 is 1.19 bits per heavy atom. The van der Waals surface area contributed by atoms with Gasteiger partial charge in [0.25, 0.3) is 0 Å². The second-order valence-electron chi connectivity index (χ2n) is 4.97. The summed E-state index contributed by atoms with van der Waals surface area (Å²) in [5.41, 5.74) is 0. The van der Waals surface area contributed by atoms with Crippen LogP contribution in [0.1, 0.15) is 25.7 Å². The van der Waals surface area contributed by atoms with E-state index in [0.29, 0.717) is 12.8 Å². The molecule has 0 radical (unpaired) electrons. The molecule has 1 aliphatic heterocycles. The van der Waals surface area contributed by atoms with Crippen molar-refractivity contribution in [2.75, 3.05) is 6.54 Å². The molecule has 0 aromatic rings. The van der Waals surface area contributed by atoms with Crippen molar-refractivity contribution in [1.29, 1.82) is 0 Å². The molecule has 1 fully saturated rings. The molecule has 5 N–H and O–H groups in total. The quantitative estimate of drug-likeness (QED) is 0.347. The molecular weight excluding hydrogens is 285 g/mol. The van der Waals surface area contributed by atoms with E-state index in [1.54, 1.807) is 0 Å². The second-order valence-corrected chi connectivity index (χ2v) is 4.97. The van der Waals surface area contributed by atoms with Crippen LogP contribution in [0.4, 0.5) is 0 Å². The second kappa shape index (κ2) is 7.96. The molecule has 1 heterocycles. The zero-order valence-electron chi connectivity index (χ0n) is 11.3. The van der Waals surface area contributed by atoms with E-state index in [-0.39, 0.29) is 13.0 Å². The molecule has 3 atom stereocenters. The lowest BCUT2D eigenvalue weighted by atomic mass is 9.72. The van der Waals surface area contributed by atoms with Crippen molar-refractivity contribution in [2.45, 2.75) is 37.7 Å². The van der Waals surface area contributed by atoms with Gasteiger partial charge in [0.2, 0.25) is 0 Å². The van der Waals surface area contributed by atoms with Crippen molar-refractivity contribution in [3.05, 3.63) is 0 Å². The largest absolute Gasteiger partial charge is 0.481 e. The molecule has 0 aromatic carbocycles. The lowest BCUT2D eigenvalue weighted by Crippen LogP contribution is -2.52. The Balaban J connectivity index is 2.43. The van der Waals surface area contributed by atoms with Gasteiger partial charge in [-0.2, -0.15) is 0 Å². The number of carbonyl (C=O) groups is 3. The van der Waals surface area contributed by atoms with Gasteiger partial charge in [0.15, 0.2) is 0 Å². The van der Waals surface area contributed by atoms with Crippen LogP contribution in [0.5, 0.6) is 0 Å². The van der Waals surface area contributed by atoms with E-state index in [9.17, 15) is 19.4 Å². The Bertz CT molecular complexity index is 404. The lowest BCUT2D eigenvalue weighted by molar-refractivity contribution is -0.148. The molecule has 0 saturated carbocycles. The van der Waals surface area contributed by atoms with Crippen LogP contribution in [0, 0.1) is 5.92 Å². The Kier molecular flexibility index (Phi) is 6.60. The third-order valence-electron chi connectivity index (χ3n) is 3.27. The van der Waals surface area contributed by atoms with Crippen LogP contribution in [0.15, 0.2) is 0 Å². The van der Waals surface area contributed by atoms with Crippen molar-refractivity contribution < 1.29 is 39.4 Å². The van der Waals surface area contributed by atoms with E-state index >= 15 is 0 Å². The molecule has 118 valence electrons. The molecule has 21 heavy (non-hydrogen) atoms. The number of rotatable bonds is 8. The Labute approximate surface area is 121 Å². The lowest BCUT2D eigenvalue weighted by Gasteiger charge is -2.31. The van der Waals surface area contributed by atoms with Crippen LogP contribution in [-0.4, -0.2) is 64.0 Å². The molecule has 1 rings (SSSR count). The van der Waals surface area contributed by atoms with Gasteiger partial charge >= 0.3 is 25.0 Å². The minimum atomic E-state index is -1.25. The Morgan fingerprint density at radius 3 is 2.33 bits per heavy atom. The summed E-state index contributed by atoms with van der Waals surface area (Å²) in [6, 6.07) is 0. The average molecular weight is 303 g/mol. The monoisotopic (exact) mass is 303 g/mol. The van der Waals surface area contributed by atoms with Gasteiger partial charge in [0.05, 0.1) is 24.9 Å². The summed E-state index contributed by atoms with van der Waals surface area (Å²) in [6.07, 6.45) is -0.477. The molecule has 0 aliphatic carbocycles. The SMILES string of the molecule is O=C(O)CC1CCC(NCC(CC(=O)O)C(=O)O)B(O)O1. The first-order chi connectivity index (χ1) is 9.79. The zero-order valence-corrected chi connectivity index (χ0v) is 11.3. The molecule has 1 saturated heterocycles. The van der Waals surface area contributed by atoms with E-state index in [1.165, 1.54) is 0 Å². The third-order valence-corrected chi connectivity index (χ3v) is 3.27. The molecule has 3 unspecified atom stereocenters. The van der Waals surface area contributed by atoms with E-state index in [2.05, 4.69) is 5.32 Å². The Hall–Kier alpha value is -1.65. The van der Waals surface area contributed by atoms with Gasteiger partial charge in [0.1, 0.15) is 0 Å². The van der Waals surface area contributed by atoms with Gasteiger partial charge in [-0.15, -0.1) is 0 Å². The van der Waals surface area contributed by atoms with Crippen LogP contribution in [0.25, 0.3) is 0 Å². The molecule has 0 spiro atoms. The summed E-state index contributed by atoms with van der Waals surface area (Å²) in [6.45, 7) is -0.115. The summed E-state index contributed by atoms with van der Waals surface area (Å²) in [4.78, 5) is 32.0. The van der Waals surface area contributed by atoms with E-state index in [0.717, 1.165) is 0 Å². The Morgan fingerprint density at radius 2 is 1.86 bits per heavy atom. The van der Waals surface area contributed by atoms with Crippen LogP contribution in [0.2, 0.25) is 0 Å². The molecule has 0 bridgehead atoms. The highest BCUT2D eigenvalue weighted by atomic mass is 16.5. The summed E-state index contributed by atoms with van der Waals surface area (Å²) in [7, 11) is -1.25. The van der Waals surface area contributed by atoms with E-state index in [1.807, 2.05) is 0 Å². The number of hydrogen-bond donors (Lipinski definition) is 5. The smallest absolute Gasteiger partial charge is 0.472 e. The highest BCUT2D eigenvalue weighted by molar-refractivity contribution is 6.45. The minimum Gasteiger partial charge on any atom is -0.481 e. The number of carboxylic acids is 3. The van der Waals surface area contributed by atoms with Gasteiger partial charge in [0, 0.05) is 12.5 Å². The van der Waals surface area contributed by atoms with Crippen molar-refractivity contribution in [2.24, 2.45) is 5.92 Å². The first-order valence-corrected chi connectivity index (χ1v) is 6.53. The topological polar surface area (TPSA) is 153 Å². The van der Waals surface area contributed by atoms with Crippen molar-refractivity contribution >= 4 is 25.0 Å². The van der Waals surface area contributed by atoms with Gasteiger partial charge in [-0.3, -0.25) is 14.4 Å². The summed E-state index contributed by atoms with van der Waals surface area (Å²) >= 11 is 0. The number of carboxylic acid groups (broad SMARTS) is 3. The van der Waals surface area contributed by atoms with Gasteiger partial charge in [-0.05, 0) is 12.8 Å². The molecule has 0 amide bonds. The number of hydrogen-bond acceptors (Lipinski definition) is 6. The predicted octanol–water partition coefficient (Wildman–Crippen LogP) is -1.21. The van der Waals surface area contributed by atoms with Crippen LogP contribution < -0.4 is 5.32 Å². The summed E-state index contributed by atoms with van der Waals surface area (Å²) in [5.74, 6) is -5.13. The molecular formula is C11H18BNO8. The fraction of sp³-hybridized carbons (Fsp3) is 0.727. The third kappa shape index (κ3) is 6.11. The number of aliphatic carboxylic acids is 3. The van der Waals surface area contributed by atoms with E-state index in [4.69, 9.17) is 20.0 Å². The van der Waals surface area contributed by atoms with Gasteiger partial charge in [-0.1, -0.05) is 0 Å². The molecule has 9 nitrogen and oxygen atoms in total. The van der Waals surface area contributed by atoms with Crippen LogP contribution >= 0.6 is 0 Å². The first-order valence-electron chi connectivity index (χ1n) is 6.53. The van der Waals surface area contributed by atoms with Crippen molar-refractivity contribution in [3.63, 3.8) is 0 Å². The molecule has 0 aromatic heterocycles. The predicted molar refractivity (Wildman–Crippen MR) is 69.5 cm³/mol. The normalized spacial score (nSPS) is 23.6. The maximum absolute atomic E-state index is 10.9. The number of nitrogens with one attached hydrogen (secondary N) is 1. The summed E-state index contributed by atoms with van der Waals surface area (Å²) in [5, 5.41) is 38.7. The van der Waals surface area contributed by atoms with Gasteiger partial charge < -0.3 is 30.3 Å². The maximum Gasteiger partial charge on any atom is 0.472 e. The fourth-order valence-corrected chi connectivity index (χ4v) is 2.17. The molecule has 1 aliphatic rings. The average Bonchev–Trinajstić information content (AvgIpc) is 2.34. The highest BCUT2D eigenvalue weighted by Crippen LogP contribution is 2.19. The minimum absolute atomic E-state index is 0.115. The first kappa shape index (κ1) is 17.4. The molecule has 10 heteroatoms. The highest BCUT2D eigenvalue weighted by Gasteiger charge is 2.36. The van der Waals surface area contributed by atoms with Crippen molar-refractivity contribution in [3.8, 4) is 0 Å². The maximum atomic E-state index is 10.9. The van der Waals surface area contributed by atoms with Crippen molar-refractivity contribution in [1.82, 2.24) is 5.32 Å². The van der Waals surface area contributed by atoms with Crippen LogP contribution in [0.3, 0.4) is 0 Å². The zero-order chi connectivity index (χ0) is 16.0. The van der Waals surface area contributed by atoms with E-state index < -0.39 is 49.4 Å². The van der Waals surface area contributed by atoms with Gasteiger partial charge in [-0.25, -0.2) is 0 Å². The fourth-order valence-electron chi connectivity index (χ4n) is 2.17. The summed E-state index contributed by atoms with van der Waals surface area (Å²) < 4.78 is 5.13.